The van der Waals surface area contributed by atoms with Gasteiger partial charge in [-0.25, -0.2) is 9.97 Å². The first-order valence-electron chi connectivity index (χ1n) is 7.99. The van der Waals surface area contributed by atoms with E-state index >= 15 is 0 Å². The Labute approximate surface area is 145 Å². The largest absolute Gasteiger partial charge is 0.378 e. The molecule has 0 fully saturated rings. The van der Waals surface area contributed by atoms with E-state index in [1.165, 1.54) is 0 Å². The summed E-state index contributed by atoms with van der Waals surface area (Å²) in [5.74, 6) is 0.721. The summed E-state index contributed by atoms with van der Waals surface area (Å²) in [6, 6.07) is 12.1. The van der Waals surface area contributed by atoms with Crippen LogP contribution >= 0.6 is 0 Å². The van der Waals surface area contributed by atoms with Gasteiger partial charge in [0.25, 0.3) is 0 Å². The Morgan fingerprint density at radius 2 is 1.84 bits per heavy atom. The van der Waals surface area contributed by atoms with Crippen LogP contribution in [0.2, 0.25) is 0 Å². The van der Waals surface area contributed by atoms with Crippen LogP contribution in [0, 0.1) is 0 Å². The number of fused-ring (bicyclic) bond motifs is 1. The van der Waals surface area contributed by atoms with Gasteiger partial charge in [0.2, 0.25) is 0 Å². The average Bonchev–Trinajstić information content (AvgIpc) is 3.08. The monoisotopic (exact) mass is 330 g/mol. The molecule has 25 heavy (non-hydrogen) atoms. The molecule has 0 unspecified atom stereocenters. The first kappa shape index (κ1) is 15.1. The normalized spacial score (nSPS) is 10.8. The van der Waals surface area contributed by atoms with E-state index in [0.717, 1.165) is 34.1 Å². The van der Waals surface area contributed by atoms with Crippen LogP contribution in [-0.4, -0.2) is 33.4 Å². The zero-order chi connectivity index (χ0) is 17.2. The van der Waals surface area contributed by atoms with Crippen molar-refractivity contribution in [2.45, 2.75) is 0 Å². The summed E-state index contributed by atoms with van der Waals surface area (Å²) in [4.78, 5) is 15.2. The number of rotatable bonds is 4. The van der Waals surface area contributed by atoms with Crippen molar-refractivity contribution < 1.29 is 0 Å². The van der Waals surface area contributed by atoms with E-state index in [-0.39, 0.29) is 0 Å². The molecule has 3 aromatic heterocycles. The Hall–Kier alpha value is -3.41. The Morgan fingerprint density at radius 3 is 2.64 bits per heavy atom. The van der Waals surface area contributed by atoms with Gasteiger partial charge in [-0.05, 0) is 30.3 Å². The fourth-order valence-corrected chi connectivity index (χ4v) is 2.74. The van der Waals surface area contributed by atoms with Crippen LogP contribution in [0.25, 0.3) is 16.9 Å². The topological polar surface area (TPSA) is 58.4 Å². The maximum atomic E-state index is 4.56. The maximum absolute atomic E-state index is 4.56. The minimum Gasteiger partial charge on any atom is -0.378 e. The predicted octanol–water partition coefficient (Wildman–Crippen LogP) is 3.60. The van der Waals surface area contributed by atoms with Gasteiger partial charge in [-0.2, -0.15) is 0 Å². The van der Waals surface area contributed by atoms with E-state index in [9.17, 15) is 0 Å². The van der Waals surface area contributed by atoms with Gasteiger partial charge in [0.05, 0.1) is 11.9 Å². The first-order chi connectivity index (χ1) is 12.2. The SMILES string of the molecule is CN(C)c1cccc(Nc2nccn3c(-c4ccncc4)cnc23)c1. The number of anilines is 3. The molecule has 0 saturated heterocycles. The Kier molecular flexibility index (Phi) is 3.78. The summed E-state index contributed by atoms with van der Waals surface area (Å²) in [6.07, 6.45) is 9.11. The molecule has 0 aliphatic heterocycles. The van der Waals surface area contributed by atoms with Gasteiger partial charge in [-0.15, -0.1) is 0 Å². The number of imidazole rings is 1. The van der Waals surface area contributed by atoms with Gasteiger partial charge in [0.15, 0.2) is 11.5 Å². The summed E-state index contributed by atoms with van der Waals surface area (Å²) in [5, 5.41) is 3.37. The quantitative estimate of drug-likeness (QED) is 0.619. The summed E-state index contributed by atoms with van der Waals surface area (Å²) in [5.41, 5.74) is 4.95. The highest BCUT2D eigenvalue weighted by atomic mass is 15.1. The number of hydrogen-bond donors (Lipinski definition) is 1. The van der Waals surface area contributed by atoms with E-state index in [2.05, 4.69) is 37.3 Å². The third-order valence-corrected chi connectivity index (χ3v) is 4.03. The smallest absolute Gasteiger partial charge is 0.180 e. The number of hydrogen-bond acceptors (Lipinski definition) is 5. The second-order valence-corrected chi connectivity index (χ2v) is 5.92. The van der Waals surface area contributed by atoms with Crippen LogP contribution in [0.15, 0.2) is 67.4 Å². The summed E-state index contributed by atoms with van der Waals surface area (Å²) >= 11 is 0. The van der Waals surface area contributed by atoms with Gasteiger partial charge < -0.3 is 10.2 Å². The average molecular weight is 330 g/mol. The molecule has 3 heterocycles. The zero-order valence-electron chi connectivity index (χ0n) is 14.1. The molecular formula is C19H18N6. The number of benzene rings is 1. The highest BCUT2D eigenvalue weighted by Gasteiger charge is 2.10. The minimum absolute atomic E-state index is 0.721. The van der Waals surface area contributed by atoms with Crippen molar-refractivity contribution in [3.05, 3.63) is 67.4 Å². The fourth-order valence-electron chi connectivity index (χ4n) is 2.74. The predicted molar refractivity (Wildman–Crippen MR) is 100 cm³/mol. The molecule has 1 N–H and O–H groups in total. The van der Waals surface area contributed by atoms with E-state index in [1.807, 2.05) is 55.2 Å². The third-order valence-electron chi connectivity index (χ3n) is 4.03. The Balaban J connectivity index is 1.74. The van der Waals surface area contributed by atoms with Crippen molar-refractivity contribution in [1.82, 2.24) is 19.4 Å². The lowest BCUT2D eigenvalue weighted by molar-refractivity contribution is 1.12. The second kappa shape index (κ2) is 6.24. The van der Waals surface area contributed by atoms with E-state index in [4.69, 9.17) is 0 Å². The van der Waals surface area contributed by atoms with Crippen molar-refractivity contribution >= 4 is 22.8 Å². The molecule has 0 amide bonds. The van der Waals surface area contributed by atoms with Crippen LogP contribution in [-0.2, 0) is 0 Å². The molecular weight excluding hydrogens is 312 g/mol. The molecule has 0 spiro atoms. The molecule has 0 aliphatic carbocycles. The van der Waals surface area contributed by atoms with E-state index in [1.54, 1.807) is 18.6 Å². The summed E-state index contributed by atoms with van der Waals surface area (Å²) in [7, 11) is 4.04. The van der Waals surface area contributed by atoms with Gasteiger partial charge in [0.1, 0.15) is 0 Å². The first-order valence-corrected chi connectivity index (χ1v) is 7.99. The van der Waals surface area contributed by atoms with Crippen molar-refractivity contribution in [2.75, 3.05) is 24.3 Å². The molecule has 0 bridgehead atoms. The number of nitrogens with zero attached hydrogens (tertiary/aromatic N) is 5. The highest BCUT2D eigenvalue weighted by Crippen LogP contribution is 2.26. The van der Waals surface area contributed by atoms with Crippen LogP contribution in [0.5, 0.6) is 0 Å². The molecule has 124 valence electrons. The van der Waals surface area contributed by atoms with Gasteiger partial charge in [0, 0.05) is 55.8 Å². The Morgan fingerprint density at radius 1 is 1.00 bits per heavy atom. The summed E-state index contributed by atoms with van der Waals surface area (Å²) in [6.45, 7) is 0. The second-order valence-electron chi connectivity index (χ2n) is 5.92. The molecule has 1 aromatic carbocycles. The molecule has 0 saturated carbocycles. The number of pyridine rings is 1. The molecule has 4 rings (SSSR count). The van der Waals surface area contributed by atoms with Gasteiger partial charge >= 0.3 is 0 Å². The number of nitrogens with one attached hydrogen (secondary N) is 1. The Bertz CT molecular complexity index is 1010. The molecule has 6 nitrogen and oxygen atoms in total. The van der Waals surface area contributed by atoms with Gasteiger partial charge in [-0.1, -0.05) is 6.07 Å². The number of aromatic nitrogens is 4. The van der Waals surface area contributed by atoms with Gasteiger partial charge in [-0.3, -0.25) is 9.38 Å². The lowest BCUT2D eigenvalue weighted by Gasteiger charge is -2.14. The van der Waals surface area contributed by atoms with E-state index < -0.39 is 0 Å². The molecule has 4 aromatic rings. The third kappa shape index (κ3) is 2.89. The van der Waals surface area contributed by atoms with Crippen LogP contribution in [0.4, 0.5) is 17.2 Å². The van der Waals surface area contributed by atoms with Crippen molar-refractivity contribution in [2.24, 2.45) is 0 Å². The van der Waals surface area contributed by atoms with Crippen molar-refractivity contribution in [3.8, 4) is 11.3 Å². The van der Waals surface area contributed by atoms with Crippen LogP contribution in [0.3, 0.4) is 0 Å². The summed E-state index contributed by atoms with van der Waals surface area (Å²) < 4.78 is 2.03. The molecule has 0 radical (unpaired) electrons. The fraction of sp³-hybridized carbons (Fsp3) is 0.105. The molecule has 6 heteroatoms. The zero-order valence-corrected chi connectivity index (χ0v) is 14.1. The van der Waals surface area contributed by atoms with Crippen molar-refractivity contribution in [3.63, 3.8) is 0 Å². The lowest BCUT2D eigenvalue weighted by Crippen LogP contribution is -2.08. The minimum atomic E-state index is 0.721. The molecule has 0 aliphatic rings. The van der Waals surface area contributed by atoms with E-state index in [0.29, 0.717) is 0 Å². The van der Waals surface area contributed by atoms with Crippen LogP contribution in [0.1, 0.15) is 0 Å². The highest BCUT2D eigenvalue weighted by molar-refractivity contribution is 5.75. The molecule has 0 atom stereocenters. The van der Waals surface area contributed by atoms with Crippen molar-refractivity contribution in [1.29, 1.82) is 0 Å². The standard InChI is InChI=1S/C19H18N6/c1-24(2)16-5-3-4-15(12-16)23-18-19-22-13-17(25(19)11-10-21-18)14-6-8-20-9-7-14/h3-13H,1-2H3,(H,21,23). The van der Waals surface area contributed by atoms with Crippen LogP contribution < -0.4 is 10.2 Å². The maximum Gasteiger partial charge on any atom is 0.180 e. The lowest BCUT2D eigenvalue weighted by atomic mass is 10.2.